The summed E-state index contributed by atoms with van der Waals surface area (Å²) in [6.45, 7) is 0. The lowest BCUT2D eigenvalue weighted by atomic mass is 10.2. The number of carbonyl (C=O) groups is 1. The fourth-order valence-electron chi connectivity index (χ4n) is 1.62. The average molecular weight is 329 g/mol. The molecule has 2 aromatic rings. The molecule has 1 N–H and O–H groups in total. The molecule has 8 heteroatoms. The molecule has 5 nitrogen and oxygen atoms in total. The number of carbonyl (C=O) groups excluding carboxylic acids is 1. The van der Waals surface area contributed by atoms with Crippen LogP contribution in [0.15, 0.2) is 36.4 Å². The predicted octanol–water partition coefficient (Wildman–Crippen LogP) is 4.29. The van der Waals surface area contributed by atoms with E-state index >= 15 is 0 Å². The molecular weight excluding hydrogens is 322 g/mol. The van der Waals surface area contributed by atoms with E-state index in [0.29, 0.717) is 0 Å². The van der Waals surface area contributed by atoms with Crippen molar-refractivity contribution in [1.29, 1.82) is 0 Å². The SMILES string of the molecule is O=C(Nc1cc(F)ccc1Cl)c1cccc([N+](=O)[O-])c1Cl. The molecule has 0 saturated carbocycles. The van der Waals surface area contributed by atoms with Crippen molar-refractivity contribution in [1.82, 2.24) is 0 Å². The predicted molar refractivity (Wildman–Crippen MR) is 77.5 cm³/mol. The quantitative estimate of drug-likeness (QED) is 0.674. The summed E-state index contributed by atoms with van der Waals surface area (Å²) >= 11 is 11.7. The summed E-state index contributed by atoms with van der Waals surface area (Å²) in [6, 6.07) is 7.27. The summed E-state index contributed by atoms with van der Waals surface area (Å²) in [4.78, 5) is 22.1. The molecule has 0 saturated heterocycles. The van der Waals surface area contributed by atoms with E-state index < -0.39 is 22.3 Å². The molecule has 0 aliphatic carbocycles. The van der Waals surface area contributed by atoms with Crippen molar-refractivity contribution < 1.29 is 14.1 Å². The smallest absolute Gasteiger partial charge is 0.288 e. The van der Waals surface area contributed by atoms with E-state index in [0.717, 1.165) is 12.1 Å². The van der Waals surface area contributed by atoms with Crippen molar-refractivity contribution in [3.05, 3.63) is 67.9 Å². The zero-order valence-electron chi connectivity index (χ0n) is 10.3. The average Bonchev–Trinajstić information content (AvgIpc) is 2.42. The van der Waals surface area contributed by atoms with Crippen LogP contribution in [0.4, 0.5) is 15.8 Å². The highest BCUT2D eigenvalue weighted by atomic mass is 35.5. The molecule has 0 atom stereocenters. The van der Waals surface area contributed by atoms with Gasteiger partial charge in [-0.25, -0.2) is 4.39 Å². The molecule has 2 aromatic carbocycles. The van der Waals surface area contributed by atoms with Crippen LogP contribution in [0.5, 0.6) is 0 Å². The minimum absolute atomic E-state index is 0.0456. The second-order valence-electron chi connectivity index (χ2n) is 3.97. The number of benzene rings is 2. The van der Waals surface area contributed by atoms with Crippen LogP contribution in [0.1, 0.15) is 10.4 Å². The fourth-order valence-corrected chi connectivity index (χ4v) is 2.06. The Morgan fingerprint density at radius 3 is 2.62 bits per heavy atom. The van der Waals surface area contributed by atoms with Gasteiger partial charge in [-0.1, -0.05) is 29.3 Å². The first-order chi connectivity index (χ1) is 9.90. The van der Waals surface area contributed by atoms with Crippen molar-refractivity contribution in [2.24, 2.45) is 0 Å². The number of nitro groups is 1. The Balaban J connectivity index is 2.35. The van der Waals surface area contributed by atoms with Crippen LogP contribution in [0.2, 0.25) is 10.0 Å². The van der Waals surface area contributed by atoms with Crippen LogP contribution < -0.4 is 5.32 Å². The van der Waals surface area contributed by atoms with Gasteiger partial charge in [0.15, 0.2) is 0 Å². The summed E-state index contributed by atoms with van der Waals surface area (Å²) in [6.07, 6.45) is 0. The molecule has 21 heavy (non-hydrogen) atoms. The van der Waals surface area contributed by atoms with Gasteiger partial charge in [0.25, 0.3) is 11.6 Å². The number of anilines is 1. The Bertz CT molecular complexity index is 737. The zero-order chi connectivity index (χ0) is 15.6. The largest absolute Gasteiger partial charge is 0.320 e. The standard InChI is InChI=1S/C13H7Cl2FN2O3/c14-9-5-4-7(16)6-10(9)17-13(19)8-2-1-3-11(12(8)15)18(20)21/h1-6H,(H,17,19). The highest BCUT2D eigenvalue weighted by Crippen LogP contribution is 2.29. The van der Waals surface area contributed by atoms with Crippen molar-refractivity contribution in [3.63, 3.8) is 0 Å². The summed E-state index contributed by atoms with van der Waals surface area (Å²) < 4.78 is 13.1. The molecule has 0 spiro atoms. The van der Waals surface area contributed by atoms with E-state index in [-0.39, 0.29) is 21.3 Å². The van der Waals surface area contributed by atoms with E-state index in [4.69, 9.17) is 23.2 Å². The lowest BCUT2D eigenvalue weighted by Crippen LogP contribution is -2.13. The van der Waals surface area contributed by atoms with E-state index in [1.54, 1.807) is 0 Å². The summed E-state index contributed by atoms with van der Waals surface area (Å²) in [5.41, 5.74) is -0.454. The molecule has 1 amide bonds. The Labute approximate surface area is 128 Å². The summed E-state index contributed by atoms with van der Waals surface area (Å²) in [5, 5.41) is 13.0. The van der Waals surface area contributed by atoms with E-state index in [1.165, 1.54) is 24.3 Å². The van der Waals surface area contributed by atoms with Crippen molar-refractivity contribution in [2.75, 3.05) is 5.32 Å². The van der Waals surface area contributed by atoms with Crippen LogP contribution in [0.25, 0.3) is 0 Å². The number of nitrogens with zero attached hydrogens (tertiary/aromatic N) is 1. The minimum Gasteiger partial charge on any atom is -0.320 e. The summed E-state index contributed by atoms with van der Waals surface area (Å²) in [5.74, 6) is -1.31. The molecule has 0 unspecified atom stereocenters. The number of hydrogen-bond donors (Lipinski definition) is 1. The van der Waals surface area contributed by atoms with E-state index in [2.05, 4.69) is 5.32 Å². The number of nitro benzene ring substituents is 1. The number of nitrogens with one attached hydrogen (secondary N) is 1. The second kappa shape index (κ2) is 6.07. The molecule has 108 valence electrons. The van der Waals surface area contributed by atoms with Crippen molar-refractivity contribution >= 4 is 40.5 Å². The maximum absolute atomic E-state index is 13.1. The number of halogens is 3. The number of hydrogen-bond acceptors (Lipinski definition) is 3. The molecule has 0 aromatic heterocycles. The Hall–Kier alpha value is -2.18. The lowest BCUT2D eigenvalue weighted by Gasteiger charge is -2.08. The van der Waals surface area contributed by atoms with E-state index in [9.17, 15) is 19.3 Å². The number of amides is 1. The lowest BCUT2D eigenvalue weighted by molar-refractivity contribution is -0.384. The Morgan fingerprint density at radius 2 is 1.95 bits per heavy atom. The fraction of sp³-hybridized carbons (Fsp3) is 0. The normalized spacial score (nSPS) is 10.2. The third-order valence-electron chi connectivity index (χ3n) is 2.60. The molecule has 0 bridgehead atoms. The third kappa shape index (κ3) is 3.29. The van der Waals surface area contributed by atoms with Gasteiger partial charge >= 0.3 is 0 Å². The van der Waals surface area contributed by atoms with Crippen LogP contribution >= 0.6 is 23.2 Å². The van der Waals surface area contributed by atoms with Gasteiger partial charge in [-0.3, -0.25) is 14.9 Å². The van der Waals surface area contributed by atoms with E-state index in [1.807, 2.05) is 0 Å². The van der Waals surface area contributed by atoms with Gasteiger partial charge < -0.3 is 5.32 Å². The number of rotatable bonds is 3. The third-order valence-corrected chi connectivity index (χ3v) is 3.32. The van der Waals surface area contributed by atoms with Gasteiger partial charge in [-0.15, -0.1) is 0 Å². The maximum atomic E-state index is 13.1. The van der Waals surface area contributed by atoms with Crippen LogP contribution in [0, 0.1) is 15.9 Å². The highest BCUT2D eigenvalue weighted by Gasteiger charge is 2.20. The maximum Gasteiger partial charge on any atom is 0.288 e. The highest BCUT2D eigenvalue weighted by molar-refractivity contribution is 6.37. The summed E-state index contributed by atoms with van der Waals surface area (Å²) in [7, 11) is 0. The first-order valence-electron chi connectivity index (χ1n) is 5.59. The monoisotopic (exact) mass is 328 g/mol. The molecule has 0 radical (unpaired) electrons. The van der Waals surface area contributed by atoms with Crippen LogP contribution in [-0.2, 0) is 0 Å². The van der Waals surface area contributed by atoms with Gasteiger partial charge in [0.2, 0.25) is 0 Å². The van der Waals surface area contributed by atoms with Gasteiger partial charge in [0.1, 0.15) is 10.8 Å². The minimum atomic E-state index is -0.726. The van der Waals surface area contributed by atoms with Crippen molar-refractivity contribution in [3.8, 4) is 0 Å². The molecule has 0 heterocycles. The Morgan fingerprint density at radius 1 is 1.24 bits per heavy atom. The van der Waals surface area contributed by atoms with Crippen LogP contribution in [-0.4, -0.2) is 10.8 Å². The molecule has 2 rings (SSSR count). The Kier molecular flexibility index (Phi) is 4.40. The van der Waals surface area contributed by atoms with Gasteiger partial charge in [0, 0.05) is 6.07 Å². The second-order valence-corrected chi connectivity index (χ2v) is 4.76. The van der Waals surface area contributed by atoms with Crippen molar-refractivity contribution in [2.45, 2.75) is 0 Å². The molecule has 0 aliphatic rings. The van der Waals surface area contributed by atoms with Crippen LogP contribution in [0.3, 0.4) is 0 Å². The van der Waals surface area contributed by atoms with Gasteiger partial charge in [-0.2, -0.15) is 0 Å². The molecule has 0 aliphatic heterocycles. The molecule has 0 fully saturated rings. The topological polar surface area (TPSA) is 72.2 Å². The first kappa shape index (κ1) is 15.2. The van der Waals surface area contributed by atoms with Gasteiger partial charge in [0.05, 0.1) is 21.2 Å². The zero-order valence-corrected chi connectivity index (χ0v) is 11.8. The molecular formula is C13H7Cl2FN2O3. The van der Waals surface area contributed by atoms with Gasteiger partial charge in [-0.05, 0) is 24.3 Å². The first-order valence-corrected chi connectivity index (χ1v) is 6.35.